The number of rotatable bonds is 5. The third kappa shape index (κ3) is 3.81. The van der Waals surface area contributed by atoms with Crippen LogP contribution in [0.2, 0.25) is 0 Å². The van der Waals surface area contributed by atoms with Gasteiger partial charge in [0.05, 0.1) is 12.8 Å². The van der Waals surface area contributed by atoms with Crippen molar-refractivity contribution in [2.75, 3.05) is 13.1 Å². The van der Waals surface area contributed by atoms with Crippen LogP contribution in [-0.2, 0) is 11.3 Å². The van der Waals surface area contributed by atoms with Crippen LogP contribution < -0.4 is 5.32 Å². The fraction of sp³-hybridized carbons (Fsp3) is 0.643. The summed E-state index contributed by atoms with van der Waals surface area (Å²) in [5.74, 6) is 0.219. The van der Waals surface area contributed by atoms with Crippen LogP contribution in [0.3, 0.4) is 0 Å². The highest BCUT2D eigenvalue weighted by molar-refractivity contribution is 5.66. The SMILES string of the molecule is CC1(C)CNC(CCC(=O)O)CN1Cc1ccco1. The molecule has 106 valence electrons. The van der Waals surface area contributed by atoms with Gasteiger partial charge in [-0.25, -0.2) is 0 Å². The van der Waals surface area contributed by atoms with Crippen molar-refractivity contribution < 1.29 is 14.3 Å². The second kappa shape index (κ2) is 5.75. The zero-order chi connectivity index (χ0) is 13.9. The van der Waals surface area contributed by atoms with Crippen LogP contribution in [0.5, 0.6) is 0 Å². The Hall–Kier alpha value is -1.33. The first-order valence-corrected chi connectivity index (χ1v) is 6.70. The number of carboxylic acids is 1. The predicted molar refractivity (Wildman–Crippen MR) is 71.9 cm³/mol. The van der Waals surface area contributed by atoms with Gasteiger partial charge in [0.1, 0.15) is 5.76 Å². The van der Waals surface area contributed by atoms with Gasteiger partial charge in [-0.1, -0.05) is 0 Å². The maximum atomic E-state index is 10.7. The van der Waals surface area contributed by atoms with Crippen molar-refractivity contribution in [1.82, 2.24) is 10.2 Å². The van der Waals surface area contributed by atoms with Crippen LogP contribution >= 0.6 is 0 Å². The summed E-state index contributed by atoms with van der Waals surface area (Å²) in [6.45, 7) is 6.86. The van der Waals surface area contributed by atoms with E-state index < -0.39 is 5.97 Å². The second-order valence-electron chi connectivity index (χ2n) is 5.78. The number of hydrogen-bond acceptors (Lipinski definition) is 4. The number of piperazine rings is 1. The van der Waals surface area contributed by atoms with Crippen LogP contribution in [0.25, 0.3) is 0 Å². The van der Waals surface area contributed by atoms with Gasteiger partial charge < -0.3 is 14.8 Å². The van der Waals surface area contributed by atoms with Crippen molar-refractivity contribution in [3.63, 3.8) is 0 Å². The lowest BCUT2D eigenvalue weighted by Gasteiger charge is -2.45. The van der Waals surface area contributed by atoms with Gasteiger partial charge in [0, 0.05) is 31.1 Å². The molecule has 1 aromatic rings. The minimum absolute atomic E-state index is 0.0481. The van der Waals surface area contributed by atoms with E-state index in [1.807, 2.05) is 12.1 Å². The molecule has 0 radical (unpaired) electrons. The smallest absolute Gasteiger partial charge is 0.303 e. The topological polar surface area (TPSA) is 65.7 Å². The number of nitrogens with one attached hydrogen (secondary N) is 1. The summed E-state index contributed by atoms with van der Waals surface area (Å²) in [5, 5.41) is 12.2. The molecule has 0 saturated carbocycles. The molecule has 2 heterocycles. The van der Waals surface area contributed by atoms with Crippen molar-refractivity contribution in [1.29, 1.82) is 0 Å². The minimum Gasteiger partial charge on any atom is -0.481 e. The fourth-order valence-electron chi connectivity index (χ4n) is 2.44. The van der Waals surface area contributed by atoms with E-state index in [1.165, 1.54) is 0 Å². The molecule has 1 aliphatic heterocycles. The zero-order valence-electron chi connectivity index (χ0n) is 11.6. The maximum Gasteiger partial charge on any atom is 0.303 e. The number of furan rings is 1. The Kier molecular flexibility index (Phi) is 4.27. The molecule has 1 fully saturated rings. The molecule has 0 aliphatic carbocycles. The van der Waals surface area contributed by atoms with Crippen molar-refractivity contribution in [2.24, 2.45) is 0 Å². The Bertz CT molecular complexity index is 414. The van der Waals surface area contributed by atoms with Crippen LogP contribution in [-0.4, -0.2) is 40.6 Å². The third-order valence-electron chi connectivity index (χ3n) is 3.75. The standard InChI is InChI=1S/C14H22N2O3/c1-14(2)10-15-11(5-6-13(17)18)8-16(14)9-12-4-3-7-19-12/h3-4,7,11,15H,5-6,8-10H2,1-2H3,(H,17,18). The molecule has 5 nitrogen and oxygen atoms in total. The lowest BCUT2D eigenvalue weighted by atomic mass is 9.95. The first kappa shape index (κ1) is 14.1. The maximum absolute atomic E-state index is 10.7. The first-order valence-electron chi connectivity index (χ1n) is 6.70. The van der Waals surface area contributed by atoms with Crippen molar-refractivity contribution >= 4 is 5.97 Å². The summed E-state index contributed by atoms with van der Waals surface area (Å²) in [5.41, 5.74) is 0.0481. The van der Waals surface area contributed by atoms with Crippen LogP contribution in [0.1, 0.15) is 32.4 Å². The highest BCUT2D eigenvalue weighted by Crippen LogP contribution is 2.22. The van der Waals surface area contributed by atoms with Gasteiger partial charge >= 0.3 is 5.97 Å². The van der Waals surface area contributed by atoms with E-state index in [2.05, 4.69) is 24.1 Å². The molecule has 0 amide bonds. The number of hydrogen-bond donors (Lipinski definition) is 2. The van der Waals surface area contributed by atoms with Gasteiger partial charge in [-0.15, -0.1) is 0 Å². The average Bonchev–Trinajstić information content (AvgIpc) is 2.83. The molecular weight excluding hydrogens is 244 g/mol. The number of carboxylic acid groups (broad SMARTS) is 1. The molecule has 0 bridgehead atoms. The van der Waals surface area contributed by atoms with E-state index in [0.29, 0.717) is 6.42 Å². The summed E-state index contributed by atoms with van der Waals surface area (Å²) in [7, 11) is 0. The molecule has 1 aliphatic rings. The Morgan fingerprint density at radius 1 is 1.63 bits per heavy atom. The Morgan fingerprint density at radius 2 is 2.42 bits per heavy atom. The van der Waals surface area contributed by atoms with E-state index in [9.17, 15) is 4.79 Å². The highest BCUT2D eigenvalue weighted by Gasteiger charge is 2.34. The normalized spacial score (nSPS) is 23.4. The van der Waals surface area contributed by atoms with Gasteiger partial charge in [-0.2, -0.15) is 0 Å². The Labute approximate surface area is 113 Å². The molecule has 1 atom stereocenters. The van der Waals surface area contributed by atoms with Crippen molar-refractivity contribution in [3.8, 4) is 0 Å². The zero-order valence-corrected chi connectivity index (χ0v) is 11.6. The third-order valence-corrected chi connectivity index (χ3v) is 3.75. The van der Waals surface area contributed by atoms with E-state index in [-0.39, 0.29) is 18.0 Å². The molecule has 2 N–H and O–H groups in total. The molecule has 1 aromatic heterocycles. The van der Waals surface area contributed by atoms with Gasteiger partial charge in [-0.3, -0.25) is 9.69 Å². The molecule has 1 unspecified atom stereocenters. The fourth-order valence-corrected chi connectivity index (χ4v) is 2.44. The highest BCUT2D eigenvalue weighted by atomic mass is 16.4. The summed E-state index contributed by atoms with van der Waals surface area (Å²) >= 11 is 0. The number of carbonyl (C=O) groups is 1. The molecule has 5 heteroatoms. The number of aliphatic carboxylic acids is 1. The van der Waals surface area contributed by atoms with Crippen molar-refractivity contribution in [2.45, 2.75) is 44.8 Å². The summed E-state index contributed by atoms with van der Waals surface area (Å²) in [6, 6.07) is 4.11. The first-order chi connectivity index (χ1) is 8.97. The molecular formula is C14H22N2O3. The Balaban J connectivity index is 1.95. The van der Waals surface area contributed by atoms with Crippen LogP contribution in [0.15, 0.2) is 22.8 Å². The van der Waals surface area contributed by atoms with E-state index in [0.717, 1.165) is 25.4 Å². The van der Waals surface area contributed by atoms with E-state index in [4.69, 9.17) is 9.52 Å². The van der Waals surface area contributed by atoms with E-state index in [1.54, 1.807) is 6.26 Å². The summed E-state index contributed by atoms with van der Waals surface area (Å²) in [4.78, 5) is 13.0. The van der Waals surface area contributed by atoms with Gasteiger partial charge in [0.2, 0.25) is 0 Å². The molecule has 0 spiro atoms. The van der Waals surface area contributed by atoms with Gasteiger partial charge in [0.15, 0.2) is 0 Å². The minimum atomic E-state index is -0.732. The molecule has 0 aromatic carbocycles. The summed E-state index contributed by atoms with van der Waals surface area (Å²) in [6.07, 6.45) is 2.57. The monoisotopic (exact) mass is 266 g/mol. The molecule has 2 rings (SSSR count). The summed E-state index contributed by atoms with van der Waals surface area (Å²) < 4.78 is 5.41. The second-order valence-corrected chi connectivity index (χ2v) is 5.78. The van der Waals surface area contributed by atoms with Crippen LogP contribution in [0, 0.1) is 0 Å². The molecule has 19 heavy (non-hydrogen) atoms. The van der Waals surface area contributed by atoms with Crippen molar-refractivity contribution in [3.05, 3.63) is 24.2 Å². The number of nitrogens with zero attached hydrogens (tertiary/aromatic N) is 1. The molecule has 1 saturated heterocycles. The average molecular weight is 266 g/mol. The Morgan fingerprint density at radius 3 is 3.05 bits per heavy atom. The lowest BCUT2D eigenvalue weighted by molar-refractivity contribution is -0.137. The van der Waals surface area contributed by atoms with Gasteiger partial charge in [-0.05, 0) is 32.4 Å². The van der Waals surface area contributed by atoms with E-state index >= 15 is 0 Å². The lowest BCUT2D eigenvalue weighted by Crippen LogP contribution is -2.61. The predicted octanol–water partition coefficient (Wildman–Crippen LogP) is 1.70. The van der Waals surface area contributed by atoms with Crippen LogP contribution in [0.4, 0.5) is 0 Å². The van der Waals surface area contributed by atoms with Gasteiger partial charge in [0.25, 0.3) is 0 Å². The quantitative estimate of drug-likeness (QED) is 0.849. The largest absolute Gasteiger partial charge is 0.481 e.